The summed E-state index contributed by atoms with van der Waals surface area (Å²) in [5.74, 6) is 0. The molecule has 0 heterocycles. The van der Waals surface area contributed by atoms with Gasteiger partial charge in [-0.25, -0.2) is 0 Å². The standard InChI is InChI=1S/C10H14N2/c1-8(12)6-9-2-4-10(7-11)5-3-9/h2-5,12H,6-7,11H2,1H3. The van der Waals surface area contributed by atoms with Crippen molar-refractivity contribution in [1.29, 1.82) is 5.41 Å². The summed E-state index contributed by atoms with van der Waals surface area (Å²) in [6, 6.07) is 8.08. The molecule has 0 saturated heterocycles. The van der Waals surface area contributed by atoms with E-state index in [0.29, 0.717) is 12.3 Å². The Kier molecular flexibility index (Phi) is 3.00. The van der Waals surface area contributed by atoms with Crippen molar-refractivity contribution in [3.8, 4) is 0 Å². The van der Waals surface area contributed by atoms with E-state index in [-0.39, 0.29) is 0 Å². The zero-order valence-electron chi connectivity index (χ0n) is 7.30. The van der Waals surface area contributed by atoms with Crippen LogP contribution in [0.3, 0.4) is 0 Å². The van der Waals surface area contributed by atoms with Crippen LogP contribution in [0, 0.1) is 5.41 Å². The maximum atomic E-state index is 7.31. The lowest BCUT2D eigenvalue weighted by molar-refractivity contribution is 1.07. The molecular formula is C10H14N2. The fraction of sp³-hybridized carbons (Fsp3) is 0.300. The second-order valence-corrected chi connectivity index (χ2v) is 2.98. The number of nitrogens with two attached hydrogens (primary N) is 1. The van der Waals surface area contributed by atoms with Gasteiger partial charge in [-0.15, -0.1) is 0 Å². The van der Waals surface area contributed by atoms with Gasteiger partial charge in [0, 0.05) is 18.7 Å². The second-order valence-electron chi connectivity index (χ2n) is 2.98. The molecule has 0 aliphatic carbocycles. The molecule has 0 saturated carbocycles. The first-order valence-corrected chi connectivity index (χ1v) is 4.04. The smallest absolute Gasteiger partial charge is 0.0178 e. The van der Waals surface area contributed by atoms with Gasteiger partial charge in [0.15, 0.2) is 0 Å². The molecule has 12 heavy (non-hydrogen) atoms. The minimum absolute atomic E-state index is 0.587. The van der Waals surface area contributed by atoms with Gasteiger partial charge in [0.1, 0.15) is 0 Å². The van der Waals surface area contributed by atoms with Crippen LogP contribution >= 0.6 is 0 Å². The van der Waals surface area contributed by atoms with Crippen LogP contribution < -0.4 is 5.73 Å². The molecule has 0 atom stereocenters. The van der Waals surface area contributed by atoms with E-state index >= 15 is 0 Å². The molecule has 0 aliphatic rings. The molecule has 0 aromatic heterocycles. The van der Waals surface area contributed by atoms with Crippen molar-refractivity contribution in [2.24, 2.45) is 5.73 Å². The molecule has 1 aromatic rings. The number of hydrogen-bond donors (Lipinski definition) is 2. The maximum Gasteiger partial charge on any atom is 0.0178 e. The molecule has 0 spiro atoms. The Bertz CT molecular complexity index is 262. The summed E-state index contributed by atoms with van der Waals surface area (Å²) in [5, 5.41) is 7.31. The molecule has 64 valence electrons. The van der Waals surface area contributed by atoms with E-state index in [1.165, 1.54) is 5.56 Å². The van der Waals surface area contributed by atoms with Gasteiger partial charge in [-0.3, -0.25) is 0 Å². The molecule has 0 bridgehead atoms. The summed E-state index contributed by atoms with van der Waals surface area (Å²) in [6.07, 6.45) is 0.741. The van der Waals surface area contributed by atoms with Crippen molar-refractivity contribution in [3.63, 3.8) is 0 Å². The average Bonchev–Trinajstić information content (AvgIpc) is 2.05. The predicted molar refractivity (Wildman–Crippen MR) is 51.4 cm³/mol. The Morgan fingerprint density at radius 1 is 1.25 bits per heavy atom. The first-order chi connectivity index (χ1) is 5.72. The van der Waals surface area contributed by atoms with E-state index < -0.39 is 0 Å². The molecule has 3 N–H and O–H groups in total. The summed E-state index contributed by atoms with van der Waals surface area (Å²) in [5.41, 5.74) is 8.47. The van der Waals surface area contributed by atoms with E-state index in [1.807, 2.05) is 31.2 Å². The maximum absolute atomic E-state index is 7.31. The lowest BCUT2D eigenvalue weighted by Crippen LogP contribution is -1.98. The first-order valence-electron chi connectivity index (χ1n) is 4.04. The van der Waals surface area contributed by atoms with Crippen molar-refractivity contribution in [2.75, 3.05) is 0 Å². The Morgan fingerprint density at radius 3 is 2.17 bits per heavy atom. The molecular weight excluding hydrogens is 148 g/mol. The Hall–Kier alpha value is -1.15. The normalized spacial score (nSPS) is 9.83. The topological polar surface area (TPSA) is 49.9 Å². The van der Waals surface area contributed by atoms with E-state index in [9.17, 15) is 0 Å². The predicted octanol–water partition coefficient (Wildman–Crippen LogP) is 1.73. The van der Waals surface area contributed by atoms with Crippen molar-refractivity contribution in [2.45, 2.75) is 19.9 Å². The number of benzene rings is 1. The van der Waals surface area contributed by atoms with E-state index in [2.05, 4.69) is 0 Å². The second kappa shape index (κ2) is 4.02. The fourth-order valence-corrected chi connectivity index (χ4v) is 1.10. The summed E-state index contributed by atoms with van der Waals surface area (Å²) in [7, 11) is 0. The fourth-order valence-electron chi connectivity index (χ4n) is 1.10. The van der Waals surface area contributed by atoms with Crippen LogP contribution in [-0.2, 0) is 13.0 Å². The van der Waals surface area contributed by atoms with Crippen molar-refractivity contribution in [3.05, 3.63) is 35.4 Å². The summed E-state index contributed by atoms with van der Waals surface area (Å²) < 4.78 is 0. The Morgan fingerprint density at radius 2 is 1.75 bits per heavy atom. The van der Waals surface area contributed by atoms with Crippen LogP contribution in [0.4, 0.5) is 0 Å². The van der Waals surface area contributed by atoms with Gasteiger partial charge in [-0.05, 0) is 18.1 Å². The van der Waals surface area contributed by atoms with Crippen LogP contribution in [0.2, 0.25) is 0 Å². The van der Waals surface area contributed by atoms with Gasteiger partial charge >= 0.3 is 0 Å². The largest absolute Gasteiger partial charge is 0.326 e. The third-order valence-electron chi connectivity index (χ3n) is 1.73. The highest BCUT2D eigenvalue weighted by Crippen LogP contribution is 2.04. The van der Waals surface area contributed by atoms with Gasteiger partial charge in [-0.2, -0.15) is 0 Å². The summed E-state index contributed by atoms with van der Waals surface area (Å²) in [4.78, 5) is 0. The molecule has 0 aliphatic heterocycles. The lowest BCUT2D eigenvalue weighted by atomic mass is 10.1. The Balaban J connectivity index is 2.71. The van der Waals surface area contributed by atoms with Crippen molar-refractivity contribution < 1.29 is 0 Å². The van der Waals surface area contributed by atoms with Gasteiger partial charge in [0.2, 0.25) is 0 Å². The van der Waals surface area contributed by atoms with Gasteiger partial charge in [0.25, 0.3) is 0 Å². The zero-order chi connectivity index (χ0) is 8.97. The number of rotatable bonds is 3. The third-order valence-corrected chi connectivity index (χ3v) is 1.73. The average molecular weight is 162 g/mol. The quantitative estimate of drug-likeness (QED) is 0.653. The van der Waals surface area contributed by atoms with Crippen molar-refractivity contribution in [1.82, 2.24) is 0 Å². The molecule has 1 aromatic carbocycles. The number of hydrogen-bond acceptors (Lipinski definition) is 2. The van der Waals surface area contributed by atoms with Gasteiger partial charge in [0.05, 0.1) is 0 Å². The van der Waals surface area contributed by atoms with Crippen LogP contribution in [0.1, 0.15) is 18.1 Å². The SMILES string of the molecule is CC(=N)Cc1ccc(CN)cc1. The molecule has 2 heteroatoms. The molecule has 2 nitrogen and oxygen atoms in total. The highest BCUT2D eigenvalue weighted by Gasteiger charge is 1.94. The molecule has 0 amide bonds. The van der Waals surface area contributed by atoms with Crippen LogP contribution in [-0.4, -0.2) is 5.71 Å². The molecule has 0 unspecified atom stereocenters. The lowest BCUT2D eigenvalue weighted by Gasteiger charge is -2.00. The minimum Gasteiger partial charge on any atom is -0.326 e. The molecule has 1 rings (SSSR count). The highest BCUT2D eigenvalue weighted by molar-refractivity contribution is 5.80. The molecule has 0 radical (unpaired) electrons. The van der Waals surface area contributed by atoms with Crippen molar-refractivity contribution >= 4 is 5.71 Å². The summed E-state index contributed by atoms with van der Waals surface area (Å²) in [6.45, 7) is 2.40. The first kappa shape index (κ1) is 8.94. The molecule has 0 fully saturated rings. The van der Waals surface area contributed by atoms with Crippen LogP contribution in [0.15, 0.2) is 24.3 Å². The number of nitrogens with one attached hydrogen (secondary N) is 1. The third kappa shape index (κ3) is 2.47. The minimum atomic E-state index is 0.587. The van der Waals surface area contributed by atoms with Crippen LogP contribution in [0.5, 0.6) is 0 Å². The Labute approximate surface area is 72.9 Å². The monoisotopic (exact) mass is 162 g/mol. The van der Waals surface area contributed by atoms with E-state index in [1.54, 1.807) is 0 Å². The summed E-state index contributed by atoms with van der Waals surface area (Å²) >= 11 is 0. The van der Waals surface area contributed by atoms with Gasteiger partial charge in [-0.1, -0.05) is 24.3 Å². The van der Waals surface area contributed by atoms with Gasteiger partial charge < -0.3 is 11.1 Å². The van der Waals surface area contributed by atoms with E-state index in [0.717, 1.165) is 12.0 Å². The zero-order valence-corrected chi connectivity index (χ0v) is 7.30. The van der Waals surface area contributed by atoms with Crippen LogP contribution in [0.25, 0.3) is 0 Å². The highest BCUT2D eigenvalue weighted by atomic mass is 14.5. The van der Waals surface area contributed by atoms with E-state index in [4.69, 9.17) is 11.1 Å².